The van der Waals surface area contributed by atoms with Crippen LogP contribution < -0.4 is 4.74 Å². The molecule has 122 valence electrons. The van der Waals surface area contributed by atoms with Gasteiger partial charge in [-0.3, -0.25) is 0 Å². The molecule has 0 bridgehead atoms. The van der Waals surface area contributed by atoms with Crippen LogP contribution in [0.4, 0.5) is 0 Å². The first-order valence-electron chi connectivity index (χ1n) is 9.09. The predicted octanol–water partition coefficient (Wildman–Crippen LogP) is 5.52. The van der Waals surface area contributed by atoms with E-state index in [-0.39, 0.29) is 6.29 Å². The molecular formula is C20H30O2. The van der Waals surface area contributed by atoms with Crippen molar-refractivity contribution >= 4 is 0 Å². The molecule has 5 atom stereocenters. The minimum absolute atomic E-state index is 0.0752. The largest absolute Gasteiger partial charge is 0.465 e. The number of ether oxygens (including phenoxy) is 2. The minimum atomic E-state index is -0.0752. The van der Waals surface area contributed by atoms with Crippen molar-refractivity contribution in [3.05, 3.63) is 29.8 Å². The minimum Gasteiger partial charge on any atom is -0.465 e. The van der Waals surface area contributed by atoms with Crippen molar-refractivity contribution in [2.24, 2.45) is 11.8 Å². The molecule has 0 amide bonds. The van der Waals surface area contributed by atoms with Crippen molar-refractivity contribution in [2.75, 3.05) is 0 Å². The van der Waals surface area contributed by atoms with Gasteiger partial charge in [0.25, 0.3) is 0 Å². The van der Waals surface area contributed by atoms with E-state index in [2.05, 4.69) is 45.0 Å². The fourth-order valence-electron chi connectivity index (χ4n) is 3.91. The van der Waals surface area contributed by atoms with E-state index in [0.717, 1.165) is 11.7 Å². The van der Waals surface area contributed by atoms with Crippen molar-refractivity contribution in [1.29, 1.82) is 0 Å². The van der Waals surface area contributed by atoms with Crippen molar-refractivity contribution in [3.63, 3.8) is 0 Å². The Labute approximate surface area is 135 Å². The molecule has 2 heteroatoms. The molecule has 2 aliphatic rings. The normalized spacial score (nSPS) is 33.0. The highest BCUT2D eigenvalue weighted by Crippen LogP contribution is 2.39. The number of rotatable bonds is 4. The lowest BCUT2D eigenvalue weighted by molar-refractivity contribution is -0.203. The molecule has 2 nitrogen and oxygen atoms in total. The van der Waals surface area contributed by atoms with Gasteiger partial charge < -0.3 is 9.47 Å². The summed E-state index contributed by atoms with van der Waals surface area (Å²) in [7, 11) is 0. The van der Waals surface area contributed by atoms with E-state index in [1.54, 1.807) is 0 Å². The van der Waals surface area contributed by atoms with Gasteiger partial charge in [-0.1, -0.05) is 45.7 Å². The van der Waals surface area contributed by atoms with Crippen molar-refractivity contribution in [1.82, 2.24) is 0 Å². The summed E-state index contributed by atoms with van der Waals surface area (Å²) in [5.74, 6) is 2.80. The number of hydrogen-bond donors (Lipinski definition) is 0. The van der Waals surface area contributed by atoms with Crippen LogP contribution in [0.1, 0.15) is 70.8 Å². The van der Waals surface area contributed by atoms with E-state index in [0.29, 0.717) is 17.9 Å². The van der Waals surface area contributed by atoms with Gasteiger partial charge in [-0.15, -0.1) is 0 Å². The van der Waals surface area contributed by atoms with E-state index in [1.165, 1.54) is 44.1 Å². The lowest BCUT2D eigenvalue weighted by atomic mass is 9.78. The second kappa shape index (κ2) is 7.04. The lowest BCUT2D eigenvalue weighted by Crippen LogP contribution is -2.44. The summed E-state index contributed by atoms with van der Waals surface area (Å²) in [5.41, 5.74) is 1.39. The third-order valence-corrected chi connectivity index (χ3v) is 5.60. The summed E-state index contributed by atoms with van der Waals surface area (Å²) in [4.78, 5) is 0. The molecule has 0 spiro atoms. The summed E-state index contributed by atoms with van der Waals surface area (Å²) >= 11 is 0. The van der Waals surface area contributed by atoms with Crippen LogP contribution in [0.5, 0.6) is 5.75 Å². The number of hydrogen-bond acceptors (Lipinski definition) is 2. The highest BCUT2D eigenvalue weighted by molar-refractivity contribution is 5.29. The van der Waals surface area contributed by atoms with Gasteiger partial charge in [0.1, 0.15) is 5.75 Å². The fraction of sp³-hybridized carbons (Fsp3) is 0.700. The molecule has 2 fully saturated rings. The zero-order valence-corrected chi connectivity index (χ0v) is 14.3. The van der Waals surface area contributed by atoms with Gasteiger partial charge in [0.2, 0.25) is 6.29 Å². The van der Waals surface area contributed by atoms with Gasteiger partial charge in [0, 0.05) is 5.92 Å². The second-order valence-electron chi connectivity index (χ2n) is 7.30. The molecule has 0 radical (unpaired) electrons. The summed E-state index contributed by atoms with van der Waals surface area (Å²) in [6, 6.07) is 8.59. The Morgan fingerprint density at radius 1 is 1.18 bits per heavy atom. The quantitative estimate of drug-likeness (QED) is 0.729. The van der Waals surface area contributed by atoms with Crippen LogP contribution in [-0.2, 0) is 4.74 Å². The first-order valence-corrected chi connectivity index (χ1v) is 9.09. The summed E-state index contributed by atoms with van der Waals surface area (Å²) < 4.78 is 12.4. The Morgan fingerprint density at radius 3 is 2.64 bits per heavy atom. The predicted molar refractivity (Wildman–Crippen MR) is 90.2 cm³/mol. The zero-order chi connectivity index (χ0) is 15.5. The maximum atomic E-state index is 6.28. The molecule has 3 rings (SSSR count). The molecule has 1 aliphatic heterocycles. The van der Waals surface area contributed by atoms with Crippen LogP contribution in [0, 0.1) is 11.8 Å². The first kappa shape index (κ1) is 15.9. The Hall–Kier alpha value is -1.02. The van der Waals surface area contributed by atoms with E-state index >= 15 is 0 Å². The van der Waals surface area contributed by atoms with Crippen LogP contribution in [-0.4, -0.2) is 12.4 Å². The lowest BCUT2D eigenvalue weighted by Gasteiger charge is -2.42. The molecule has 5 unspecified atom stereocenters. The second-order valence-corrected chi connectivity index (χ2v) is 7.30. The molecule has 1 heterocycles. The zero-order valence-electron chi connectivity index (χ0n) is 14.3. The Bertz CT molecular complexity index is 467. The van der Waals surface area contributed by atoms with Gasteiger partial charge in [0.05, 0.1) is 6.10 Å². The van der Waals surface area contributed by atoms with Gasteiger partial charge in [-0.2, -0.15) is 0 Å². The molecule has 1 saturated carbocycles. The Balaban J connectivity index is 1.62. The summed E-state index contributed by atoms with van der Waals surface area (Å²) in [5, 5.41) is 0. The third kappa shape index (κ3) is 3.48. The highest BCUT2D eigenvalue weighted by atomic mass is 16.7. The molecule has 1 aromatic carbocycles. The van der Waals surface area contributed by atoms with E-state index < -0.39 is 0 Å². The van der Waals surface area contributed by atoms with Crippen LogP contribution in [0.25, 0.3) is 0 Å². The summed E-state index contributed by atoms with van der Waals surface area (Å²) in [6.45, 7) is 6.77. The monoisotopic (exact) mass is 302 g/mol. The molecule has 22 heavy (non-hydrogen) atoms. The number of benzene rings is 1. The fourth-order valence-corrected chi connectivity index (χ4v) is 3.91. The smallest absolute Gasteiger partial charge is 0.202 e. The summed E-state index contributed by atoms with van der Waals surface area (Å²) in [6.07, 6.45) is 8.01. The van der Waals surface area contributed by atoms with Crippen molar-refractivity contribution < 1.29 is 9.47 Å². The average Bonchev–Trinajstić information content (AvgIpc) is 2.55. The average molecular weight is 302 g/mol. The SMILES string of the molecule is CCC(C)c1ccc(OC2OC3CCCCC3CC2C)cc1. The van der Waals surface area contributed by atoms with E-state index in [1.807, 2.05) is 0 Å². The van der Waals surface area contributed by atoms with Crippen LogP contribution in [0.3, 0.4) is 0 Å². The molecule has 1 aliphatic carbocycles. The van der Waals surface area contributed by atoms with Gasteiger partial charge in [-0.25, -0.2) is 0 Å². The number of fused-ring (bicyclic) bond motifs is 1. The van der Waals surface area contributed by atoms with Crippen molar-refractivity contribution in [2.45, 2.75) is 77.6 Å². The Kier molecular flexibility index (Phi) is 5.07. The van der Waals surface area contributed by atoms with E-state index in [9.17, 15) is 0 Å². The van der Waals surface area contributed by atoms with Crippen LogP contribution in [0.2, 0.25) is 0 Å². The van der Waals surface area contributed by atoms with Gasteiger partial charge >= 0.3 is 0 Å². The van der Waals surface area contributed by atoms with Crippen LogP contribution in [0.15, 0.2) is 24.3 Å². The molecule has 1 saturated heterocycles. The molecule has 0 N–H and O–H groups in total. The maximum Gasteiger partial charge on any atom is 0.202 e. The maximum absolute atomic E-state index is 6.28. The third-order valence-electron chi connectivity index (χ3n) is 5.60. The van der Waals surface area contributed by atoms with Gasteiger partial charge in [0.15, 0.2) is 0 Å². The van der Waals surface area contributed by atoms with Crippen molar-refractivity contribution in [3.8, 4) is 5.75 Å². The first-order chi connectivity index (χ1) is 10.7. The molecular weight excluding hydrogens is 272 g/mol. The Morgan fingerprint density at radius 2 is 1.91 bits per heavy atom. The van der Waals surface area contributed by atoms with Crippen LogP contribution >= 0.6 is 0 Å². The topological polar surface area (TPSA) is 18.5 Å². The molecule has 1 aromatic rings. The van der Waals surface area contributed by atoms with Gasteiger partial charge in [-0.05, 0) is 55.2 Å². The molecule has 0 aromatic heterocycles. The highest BCUT2D eigenvalue weighted by Gasteiger charge is 2.38. The van der Waals surface area contributed by atoms with E-state index in [4.69, 9.17) is 9.47 Å². The standard InChI is InChI=1S/C20H30O2/c1-4-14(2)16-9-11-18(12-10-16)21-20-15(3)13-17-7-5-6-8-19(17)22-20/h9-12,14-15,17,19-20H,4-8,13H2,1-3H3.